The molecule has 0 spiro atoms. The van der Waals surface area contributed by atoms with E-state index in [1.54, 1.807) is 0 Å². The topological polar surface area (TPSA) is 23.5 Å². The average Bonchev–Trinajstić information content (AvgIpc) is 2.25. The summed E-state index contributed by atoms with van der Waals surface area (Å²) in [4.78, 5) is 2.28. The lowest BCUT2D eigenvalue weighted by Gasteiger charge is -2.27. The number of hydrogen-bond acceptors (Lipinski definition) is 2. The standard InChI is InChI=1S/C15H25NO/c1-15(2,3)12-16(4)11-10-14(17)13-8-6-5-7-9-13/h5-9,14,17H,10-12H2,1-4H3. The minimum atomic E-state index is -0.349. The molecule has 17 heavy (non-hydrogen) atoms. The molecule has 1 N–H and O–H groups in total. The van der Waals surface area contributed by atoms with Gasteiger partial charge in [-0.2, -0.15) is 0 Å². The van der Waals surface area contributed by atoms with E-state index in [2.05, 4.69) is 32.7 Å². The molecule has 2 heteroatoms. The predicted molar refractivity (Wildman–Crippen MR) is 73.0 cm³/mol. The zero-order valence-corrected chi connectivity index (χ0v) is 11.5. The van der Waals surface area contributed by atoms with Crippen LogP contribution in [0, 0.1) is 5.41 Å². The van der Waals surface area contributed by atoms with Crippen LogP contribution in [0.15, 0.2) is 30.3 Å². The van der Waals surface area contributed by atoms with Crippen LogP contribution in [0.5, 0.6) is 0 Å². The Morgan fingerprint density at radius 3 is 2.29 bits per heavy atom. The normalized spacial score (nSPS) is 14.0. The summed E-state index contributed by atoms with van der Waals surface area (Å²) in [6.45, 7) is 8.67. The van der Waals surface area contributed by atoms with E-state index in [1.165, 1.54) is 0 Å². The second-order valence-electron chi connectivity index (χ2n) is 6.01. The monoisotopic (exact) mass is 235 g/mol. The lowest BCUT2D eigenvalue weighted by Crippen LogP contribution is -2.30. The summed E-state index contributed by atoms with van der Waals surface area (Å²) < 4.78 is 0. The first-order valence-corrected chi connectivity index (χ1v) is 6.30. The summed E-state index contributed by atoms with van der Waals surface area (Å²) in [5.41, 5.74) is 1.32. The van der Waals surface area contributed by atoms with E-state index in [0.29, 0.717) is 5.41 Å². The van der Waals surface area contributed by atoms with Gasteiger partial charge in [0.15, 0.2) is 0 Å². The lowest BCUT2D eigenvalue weighted by atomic mass is 9.96. The maximum absolute atomic E-state index is 10.0. The highest BCUT2D eigenvalue weighted by Crippen LogP contribution is 2.18. The van der Waals surface area contributed by atoms with E-state index < -0.39 is 0 Å². The van der Waals surface area contributed by atoms with Gasteiger partial charge in [-0.3, -0.25) is 0 Å². The molecule has 1 rings (SSSR count). The zero-order chi connectivity index (χ0) is 12.9. The van der Waals surface area contributed by atoms with Crippen LogP contribution < -0.4 is 0 Å². The molecule has 0 aliphatic heterocycles. The van der Waals surface area contributed by atoms with Crippen LogP contribution in [-0.4, -0.2) is 30.1 Å². The number of rotatable bonds is 5. The molecule has 1 aromatic rings. The van der Waals surface area contributed by atoms with Crippen LogP contribution in [0.3, 0.4) is 0 Å². The lowest BCUT2D eigenvalue weighted by molar-refractivity contribution is 0.137. The summed E-state index contributed by atoms with van der Waals surface area (Å²) in [6, 6.07) is 9.87. The van der Waals surface area contributed by atoms with E-state index in [9.17, 15) is 5.11 Å². The summed E-state index contributed by atoms with van der Waals surface area (Å²) in [5.74, 6) is 0. The Morgan fingerprint density at radius 1 is 1.18 bits per heavy atom. The fraction of sp³-hybridized carbons (Fsp3) is 0.600. The third-order valence-corrected chi connectivity index (χ3v) is 2.71. The molecule has 1 unspecified atom stereocenters. The van der Waals surface area contributed by atoms with Crippen LogP contribution in [0.4, 0.5) is 0 Å². The highest BCUT2D eigenvalue weighted by atomic mass is 16.3. The van der Waals surface area contributed by atoms with Gasteiger partial charge in [-0.25, -0.2) is 0 Å². The predicted octanol–water partition coefficient (Wildman–Crippen LogP) is 3.09. The van der Waals surface area contributed by atoms with Crippen molar-refractivity contribution in [3.8, 4) is 0 Å². The maximum atomic E-state index is 10.0. The average molecular weight is 235 g/mol. The van der Waals surface area contributed by atoms with Gasteiger partial charge in [0, 0.05) is 13.1 Å². The van der Waals surface area contributed by atoms with E-state index in [-0.39, 0.29) is 6.10 Å². The first kappa shape index (κ1) is 14.2. The van der Waals surface area contributed by atoms with E-state index in [0.717, 1.165) is 25.1 Å². The van der Waals surface area contributed by atoms with Gasteiger partial charge in [0.1, 0.15) is 0 Å². The Balaban J connectivity index is 2.36. The summed E-state index contributed by atoms with van der Waals surface area (Å²) in [6.07, 6.45) is 0.440. The first-order valence-electron chi connectivity index (χ1n) is 6.30. The molecule has 0 amide bonds. The molecule has 2 nitrogen and oxygen atoms in total. The van der Waals surface area contributed by atoms with Crippen molar-refractivity contribution >= 4 is 0 Å². The molecule has 1 aromatic carbocycles. The molecule has 1 atom stereocenters. The van der Waals surface area contributed by atoms with Gasteiger partial charge in [-0.05, 0) is 24.4 Å². The first-order chi connectivity index (χ1) is 7.88. The van der Waals surface area contributed by atoms with Crippen molar-refractivity contribution in [3.05, 3.63) is 35.9 Å². The van der Waals surface area contributed by atoms with Gasteiger partial charge in [0.25, 0.3) is 0 Å². The van der Waals surface area contributed by atoms with Gasteiger partial charge >= 0.3 is 0 Å². The second kappa shape index (κ2) is 6.18. The molecular weight excluding hydrogens is 210 g/mol. The van der Waals surface area contributed by atoms with Crippen molar-refractivity contribution in [2.24, 2.45) is 5.41 Å². The quantitative estimate of drug-likeness (QED) is 0.847. The van der Waals surface area contributed by atoms with Crippen LogP contribution in [0.25, 0.3) is 0 Å². The van der Waals surface area contributed by atoms with Crippen LogP contribution in [0.1, 0.15) is 38.9 Å². The Labute approximate surface area is 105 Å². The Morgan fingerprint density at radius 2 is 1.76 bits per heavy atom. The SMILES string of the molecule is CN(CCC(O)c1ccccc1)CC(C)(C)C. The fourth-order valence-corrected chi connectivity index (χ4v) is 2.07. The van der Waals surface area contributed by atoms with Crippen molar-refractivity contribution in [3.63, 3.8) is 0 Å². The fourth-order valence-electron chi connectivity index (χ4n) is 2.07. The molecule has 0 bridgehead atoms. The summed E-state index contributed by atoms with van der Waals surface area (Å²) in [7, 11) is 2.11. The molecule has 0 saturated heterocycles. The molecule has 0 heterocycles. The van der Waals surface area contributed by atoms with Crippen LogP contribution >= 0.6 is 0 Å². The third kappa shape index (κ3) is 5.85. The van der Waals surface area contributed by atoms with E-state index >= 15 is 0 Å². The van der Waals surface area contributed by atoms with Gasteiger partial charge < -0.3 is 10.0 Å². The Kier molecular flexibility index (Phi) is 5.16. The van der Waals surface area contributed by atoms with E-state index in [1.807, 2.05) is 30.3 Å². The van der Waals surface area contributed by atoms with Crippen molar-refractivity contribution in [2.45, 2.75) is 33.3 Å². The molecule has 0 fully saturated rings. The van der Waals surface area contributed by atoms with Gasteiger partial charge in [0.05, 0.1) is 6.10 Å². The Bertz CT molecular complexity index is 315. The minimum absolute atomic E-state index is 0.312. The largest absolute Gasteiger partial charge is 0.388 e. The third-order valence-electron chi connectivity index (χ3n) is 2.71. The molecule has 0 radical (unpaired) electrons. The van der Waals surface area contributed by atoms with Crippen molar-refractivity contribution in [2.75, 3.05) is 20.1 Å². The van der Waals surface area contributed by atoms with Crippen LogP contribution in [0.2, 0.25) is 0 Å². The number of benzene rings is 1. The molecule has 96 valence electrons. The zero-order valence-electron chi connectivity index (χ0n) is 11.5. The Hall–Kier alpha value is -0.860. The number of aliphatic hydroxyl groups excluding tert-OH is 1. The summed E-state index contributed by atoms with van der Waals surface area (Å²) >= 11 is 0. The van der Waals surface area contributed by atoms with Gasteiger partial charge in [0.2, 0.25) is 0 Å². The smallest absolute Gasteiger partial charge is 0.0802 e. The maximum Gasteiger partial charge on any atom is 0.0802 e. The minimum Gasteiger partial charge on any atom is -0.388 e. The molecule has 0 aliphatic carbocycles. The van der Waals surface area contributed by atoms with E-state index in [4.69, 9.17) is 0 Å². The summed E-state index contributed by atoms with van der Waals surface area (Å²) in [5, 5.41) is 10.0. The van der Waals surface area contributed by atoms with Crippen molar-refractivity contribution in [1.82, 2.24) is 4.90 Å². The molecule has 0 saturated carbocycles. The molecule has 0 aromatic heterocycles. The molecular formula is C15H25NO. The van der Waals surface area contributed by atoms with Crippen molar-refractivity contribution in [1.29, 1.82) is 0 Å². The second-order valence-corrected chi connectivity index (χ2v) is 6.01. The highest BCUT2D eigenvalue weighted by molar-refractivity contribution is 5.17. The number of hydrogen-bond donors (Lipinski definition) is 1. The van der Waals surface area contributed by atoms with Crippen molar-refractivity contribution < 1.29 is 5.11 Å². The van der Waals surface area contributed by atoms with Gasteiger partial charge in [-0.15, -0.1) is 0 Å². The number of aliphatic hydroxyl groups is 1. The van der Waals surface area contributed by atoms with Crippen LogP contribution in [-0.2, 0) is 0 Å². The number of nitrogens with zero attached hydrogens (tertiary/aromatic N) is 1. The highest BCUT2D eigenvalue weighted by Gasteiger charge is 2.14. The molecule has 0 aliphatic rings. The van der Waals surface area contributed by atoms with Gasteiger partial charge in [-0.1, -0.05) is 51.1 Å².